The SMILES string of the molecule is CC1CCCN1C(=O)c1cc(S)cs1. The Morgan fingerprint density at radius 3 is 3.00 bits per heavy atom. The standard InChI is InChI=1S/C10H13NOS2/c1-7-3-2-4-11(7)10(12)9-5-8(13)6-14-9/h5-7,13H,2-4H2,1H3. The van der Waals surface area contributed by atoms with E-state index in [1.165, 1.54) is 11.3 Å². The van der Waals surface area contributed by atoms with Crippen LogP contribution in [0.15, 0.2) is 16.3 Å². The third-order valence-electron chi connectivity index (χ3n) is 2.61. The predicted molar refractivity (Wildman–Crippen MR) is 61.3 cm³/mol. The lowest BCUT2D eigenvalue weighted by Crippen LogP contribution is -2.32. The third-order valence-corrected chi connectivity index (χ3v) is 3.96. The zero-order chi connectivity index (χ0) is 10.1. The van der Waals surface area contributed by atoms with Crippen LogP contribution >= 0.6 is 24.0 Å². The van der Waals surface area contributed by atoms with Crippen molar-refractivity contribution in [3.8, 4) is 0 Å². The lowest BCUT2D eigenvalue weighted by Gasteiger charge is -2.20. The molecule has 2 rings (SSSR count). The van der Waals surface area contributed by atoms with Gasteiger partial charge >= 0.3 is 0 Å². The summed E-state index contributed by atoms with van der Waals surface area (Å²) in [6.45, 7) is 3.01. The highest BCUT2D eigenvalue weighted by Gasteiger charge is 2.26. The van der Waals surface area contributed by atoms with Crippen LogP contribution < -0.4 is 0 Å². The summed E-state index contributed by atoms with van der Waals surface area (Å²) in [5.41, 5.74) is 0. The van der Waals surface area contributed by atoms with Gasteiger partial charge in [-0.1, -0.05) is 0 Å². The average molecular weight is 227 g/mol. The fourth-order valence-corrected chi connectivity index (χ4v) is 2.92. The molecule has 14 heavy (non-hydrogen) atoms. The fourth-order valence-electron chi connectivity index (χ4n) is 1.81. The molecular weight excluding hydrogens is 214 g/mol. The van der Waals surface area contributed by atoms with Crippen LogP contribution in [0.3, 0.4) is 0 Å². The smallest absolute Gasteiger partial charge is 0.264 e. The molecule has 0 aromatic carbocycles. The Bertz CT molecular complexity index is 348. The summed E-state index contributed by atoms with van der Waals surface area (Å²) >= 11 is 5.68. The molecule has 1 aromatic heterocycles. The van der Waals surface area contributed by atoms with Crippen LogP contribution in [0, 0.1) is 0 Å². The maximum atomic E-state index is 12.0. The van der Waals surface area contributed by atoms with Gasteiger partial charge in [0.05, 0.1) is 4.88 Å². The maximum Gasteiger partial charge on any atom is 0.264 e. The topological polar surface area (TPSA) is 20.3 Å². The van der Waals surface area contributed by atoms with Gasteiger partial charge in [0, 0.05) is 22.9 Å². The van der Waals surface area contributed by atoms with Gasteiger partial charge in [-0.15, -0.1) is 24.0 Å². The van der Waals surface area contributed by atoms with Gasteiger partial charge in [0.1, 0.15) is 0 Å². The van der Waals surface area contributed by atoms with Crippen LogP contribution in [-0.4, -0.2) is 23.4 Å². The van der Waals surface area contributed by atoms with Crippen LogP contribution in [0.2, 0.25) is 0 Å². The number of hydrogen-bond acceptors (Lipinski definition) is 3. The molecule has 0 N–H and O–H groups in total. The van der Waals surface area contributed by atoms with E-state index in [4.69, 9.17) is 0 Å². The minimum atomic E-state index is 0.167. The molecular formula is C10H13NOS2. The van der Waals surface area contributed by atoms with E-state index in [0.29, 0.717) is 6.04 Å². The van der Waals surface area contributed by atoms with Crippen molar-refractivity contribution in [3.63, 3.8) is 0 Å². The molecule has 2 nitrogen and oxygen atoms in total. The highest BCUT2D eigenvalue weighted by atomic mass is 32.1. The molecule has 1 aliphatic heterocycles. The predicted octanol–water partition coefficient (Wildman–Crippen LogP) is 2.66. The maximum absolute atomic E-state index is 12.0. The normalized spacial score (nSPS) is 21.6. The monoisotopic (exact) mass is 227 g/mol. The molecule has 0 bridgehead atoms. The van der Waals surface area contributed by atoms with Crippen molar-refractivity contribution in [2.75, 3.05) is 6.54 Å². The molecule has 1 saturated heterocycles. The van der Waals surface area contributed by atoms with Gasteiger partial charge in [-0.05, 0) is 25.8 Å². The van der Waals surface area contributed by atoms with E-state index in [1.54, 1.807) is 0 Å². The zero-order valence-corrected chi connectivity index (χ0v) is 9.78. The molecule has 4 heteroatoms. The van der Waals surface area contributed by atoms with Crippen LogP contribution in [0.25, 0.3) is 0 Å². The number of nitrogens with zero attached hydrogens (tertiary/aromatic N) is 1. The second kappa shape index (κ2) is 3.95. The number of carbonyl (C=O) groups is 1. The van der Waals surface area contributed by atoms with Crippen molar-refractivity contribution < 1.29 is 4.79 Å². The zero-order valence-electron chi connectivity index (χ0n) is 8.06. The summed E-state index contributed by atoms with van der Waals surface area (Å²) in [7, 11) is 0. The van der Waals surface area contributed by atoms with Gasteiger partial charge in [0.25, 0.3) is 5.91 Å². The quantitative estimate of drug-likeness (QED) is 0.731. The largest absolute Gasteiger partial charge is 0.335 e. The first-order valence-electron chi connectivity index (χ1n) is 4.77. The molecule has 2 heterocycles. The second-order valence-electron chi connectivity index (χ2n) is 3.66. The fraction of sp³-hybridized carbons (Fsp3) is 0.500. The van der Waals surface area contributed by atoms with E-state index in [2.05, 4.69) is 19.6 Å². The molecule has 76 valence electrons. The van der Waals surface area contributed by atoms with Crippen LogP contribution in [0.5, 0.6) is 0 Å². The van der Waals surface area contributed by atoms with Crippen molar-refractivity contribution in [1.29, 1.82) is 0 Å². The molecule has 1 aliphatic rings. The first-order chi connectivity index (χ1) is 6.68. The molecule has 0 aliphatic carbocycles. The Labute approximate surface area is 93.3 Å². The van der Waals surface area contributed by atoms with Gasteiger partial charge in [-0.2, -0.15) is 0 Å². The van der Waals surface area contributed by atoms with E-state index in [1.807, 2.05) is 16.3 Å². The summed E-state index contributed by atoms with van der Waals surface area (Å²) in [6.07, 6.45) is 2.26. The van der Waals surface area contributed by atoms with Crippen LogP contribution in [0.1, 0.15) is 29.4 Å². The summed E-state index contributed by atoms with van der Waals surface area (Å²) in [4.78, 5) is 15.6. The average Bonchev–Trinajstić information content (AvgIpc) is 2.73. The molecule has 0 radical (unpaired) electrons. The van der Waals surface area contributed by atoms with E-state index in [-0.39, 0.29) is 5.91 Å². The lowest BCUT2D eigenvalue weighted by atomic mass is 10.2. The molecule has 0 saturated carbocycles. The Balaban J connectivity index is 2.15. The lowest BCUT2D eigenvalue weighted by molar-refractivity contribution is 0.0752. The Hall–Kier alpha value is -0.480. The van der Waals surface area contributed by atoms with Gasteiger partial charge in [0.2, 0.25) is 0 Å². The van der Waals surface area contributed by atoms with Gasteiger partial charge in [-0.25, -0.2) is 0 Å². The minimum absolute atomic E-state index is 0.167. The Morgan fingerprint density at radius 2 is 2.50 bits per heavy atom. The first-order valence-corrected chi connectivity index (χ1v) is 6.09. The van der Waals surface area contributed by atoms with Crippen molar-refractivity contribution in [1.82, 2.24) is 4.90 Å². The Kier molecular flexibility index (Phi) is 2.83. The van der Waals surface area contributed by atoms with E-state index in [0.717, 1.165) is 29.2 Å². The summed E-state index contributed by atoms with van der Waals surface area (Å²) in [5.74, 6) is 0.167. The molecule has 1 atom stereocenters. The first kappa shape index (κ1) is 10.1. The highest BCUT2D eigenvalue weighted by Crippen LogP contribution is 2.24. The summed E-state index contributed by atoms with van der Waals surface area (Å²) in [6, 6.07) is 2.24. The van der Waals surface area contributed by atoms with Crippen LogP contribution in [0.4, 0.5) is 0 Å². The molecule has 1 fully saturated rings. The number of thiophene rings is 1. The molecule has 0 spiro atoms. The number of likely N-dealkylation sites (tertiary alicyclic amines) is 1. The minimum Gasteiger partial charge on any atom is -0.335 e. The summed E-state index contributed by atoms with van der Waals surface area (Å²) in [5, 5.41) is 1.90. The highest BCUT2D eigenvalue weighted by molar-refractivity contribution is 7.80. The van der Waals surface area contributed by atoms with Gasteiger partial charge in [-0.3, -0.25) is 4.79 Å². The molecule has 1 amide bonds. The Morgan fingerprint density at radius 1 is 1.71 bits per heavy atom. The van der Waals surface area contributed by atoms with Crippen molar-refractivity contribution in [2.45, 2.75) is 30.7 Å². The van der Waals surface area contributed by atoms with E-state index in [9.17, 15) is 4.79 Å². The number of rotatable bonds is 1. The van der Waals surface area contributed by atoms with Crippen LogP contribution in [-0.2, 0) is 0 Å². The van der Waals surface area contributed by atoms with Gasteiger partial charge < -0.3 is 4.90 Å². The van der Waals surface area contributed by atoms with Crippen molar-refractivity contribution in [2.24, 2.45) is 0 Å². The second-order valence-corrected chi connectivity index (χ2v) is 5.09. The number of carbonyl (C=O) groups excluding carboxylic acids is 1. The number of amides is 1. The summed E-state index contributed by atoms with van der Waals surface area (Å²) < 4.78 is 0. The third kappa shape index (κ3) is 1.81. The number of hydrogen-bond donors (Lipinski definition) is 1. The van der Waals surface area contributed by atoms with E-state index >= 15 is 0 Å². The number of thiol groups is 1. The molecule has 1 unspecified atom stereocenters. The molecule has 1 aromatic rings. The van der Waals surface area contributed by atoms with Crippen molar-refractivity contribution >= 4 is 29.9 Å². The van der Waals surface area contributed by atoms with E-state index < -0.39 is 0 Å². The van der Waals surface area contributed by atoms with Crippen molar-refractivity contribution in [3.05, 3.63) is 16.3 Å². The van der Waals surface area contributed by atoms with Gasteiger partial charge in [0.15, 0.2) is 0 Å².